The highest BCUT2D eigenvalue weighted by Gasteiger charge is 2.33. The van der Waals surface area contributed by atoms with Gasteiger partial charge in [0, 0.05) is 18.0 Å². The fraction of sp³-hybridized carbons (Fsp3) is 0.333. The maximum atomic E-state index is 12.7. The zero-order valence-corrected chi connectivity index (χ0v) is 19.3. The minimum absolute atomic E-state index is 0.113. The lowest BCUT2D eigenvalue weighted by Gasteiger charge is -2.19. The number of hydrogen-bond donors (Lipinski definition) is 1. The van der Waals surface area contributed by atoms with Crippen molar-refractivity contribution in [3.8, 4) is 5.75 Å². The van der Waals surface area contributed by atoms with E-state index in [-0.39, 0.29) is 18.6 Å². The molecule has 0 bridgehead atoms. The summed E-state index contributed by atoms with van der Waals surface area (Å²) in [5.74, 6) is 1.44. The maximum absolute atomic E-state index is 12.7. The first kappa shape index (κ1) is 22.8. The molecule has 2 heterocycles. The number of carbonyl (C=O) groups excluding carboxylic acids is 2. The van der Waals surface area contributed by atoms with Crippen LogP contribution in [0.4, 0.5) is 0 Å². The highest BCUT2D eigenvalue weighted by Crippen LogP contribution is 2.41. The van der Waals surface area contributed by atoms with Crippen molar-refractivity contribution in [2.75, 3.05) is 13.7 Å². The molecule has 1 fully saturated rings. The lowest BCUT2D eigenvalue weighted by molar-refractivity contribution is -0.125. The number of methoxy groups -OCH3 is 1. The Morgan fingerprint density at radius 3 is 2.70 bits per heavy atom. The molecule has 0 aliphatic heterocycles. The summed E-state index contributed by atoms with van der Waals surface area (Å²) in [4.78, 5) is 29.5. The Hall–Kier alpha value is -3.33. The summed E-state index contributed by atoms with van der Waals surface area (Å²) >= 11 is 1.35. The van der Waals surface area contributed by atoms with Crippen LogP contribution in [0.5, 0.6) is 5.75 Å². The Balaban J connectivity index is 1.33. The van der Waals surface area contributed by atoms with Crippen LogP contribution in [0.3, 0.4) is 0 Å². The van der Waals surface area contributed by atoms with Crippen LogP contribution in [-0.2, 0) is 15.3 Å². The number of hydrogen-bond acceptors (Lipinski definition) is 8. The van der Waals surface area contributed by atoms with Crippen LogP contribution in [0.15, 0.2) is 58.2 Å². The van der Waals surface area contributed by atoms with E-state index in [1.165, 1.54) is 11.8 Å². The number of rotatable bonds is 10. The Morgan fingerprint density at radius 1 is 1.24 bits per heavy atom. The van der Waals surface area contributed by atoms with Crippen molar-refractivity contribution >= 4 is 23.6 Å². The van der Waals surface area contributed by atoms with Gasteiger partial charge in [0.2, 0.25) is 0 Å². The van der Waals surface area contributed by atoms with Crippen molar-refractivity contribution in [1.82, 2.24) is 15.5 Å². The minimum atomic E-state index is -0.593. The fourth-order valence-corrected chi connectivity index (χ4v) is 4.29. The van der Waals surface area contributed by atoms with Crippen molar-refractivity contribution in [2.45, 2.75) is 36.6 Å². The third kappa shape index (κ3) is 6.13. The SMILES string of the molecule is COc1ccc(C(NC(=O)COC(=O)c2cccnc2SCc2cc(C)on2)C2CC2)cc1. The summed E-state index contributed by atoms with van der Waals surface area (Å²) in [5.41, 5.74) is 2.07. The normalized spacial score (nSPS) is 13.9. The fourth-order valence-electron chi connectivity index (χ4n) is 3.43. The van der Waals surface area contributed by atoms with Crippen LogP contribution in [0.1, 0.15) is 46.3 Å². The van der Waals surface area contributed by atoms with Gasteiger partial charge in [-0.05, 0) is 55.5 Å². The second-order valence-corrected chi connectivity index (χ2v) is 8.77. The second-order valence-electron chi connectivity index (χ2n) is 7.81. The number of carbonyl (C=O) groups is 2. The molecule has 1 aliphatic rings. The number of pyridine rings is 1. The van der Waals surface area contributed by atoms with Gasteiger partial charge in [-0.25, -0.2) is 9.78 Å². The van der Waals surface area contributed by atoms with Gasteiger partial charge in [0.05, 0.1) is 24.4 Å². The first-order chi connectivity index (χ1) is 16.0. The van der Waals surface area contributed by atoms with Crippen LogP contribution in [0.25, 0.3) is 0 Å². The number of nitrogens with one attached hydrogen (secondary N) is 1. The number of aromatic nitrogens is 2. The molecule has 0 radical (unpaired) electrons. The molecule has 2 aromatic heterocycles. The van der Waals surface area contributed by atoms with Crippen molar-refractivity contribution in [3.05, 3.63) is 71.2 Å². The highest BCUT2D eigenvalue weighted by molar-refractivity contribution is 7.98. The van der Waals surface area contributed by atoms with Crippen LogP contribution < -0.4 is 10.1 Å². The molecule has 1 atom stereocenters. The van der Waals surface area contributed by atoms with Gasteiger partial charge in [-0.2, -0.15) is 0 Å². The van der Waals surface area contributed by atoms with Gasteiger partial charge in [0.15, 0.2) is 6.61 Å². The van der Waals surface area contributed by atoms with E-state index in [1.807, 2.05) is 37.3 Å². The molecule has 1 N–H and O–H groups in total. The molecule has 0 saturated heterocycles. The molecule has 172 valence electrons. The predicted molar refractivity (Wildman–Crippen MR) is 122 cm³/mol. The summed E-state index contributed by atoms with van der Waals surface area (Å²) in [6.45, 7) is 1.46. The third-order valence-electron chi connectivity index (χ3n) is 5.24. The molecular formula is C24H25N3O5S. The average molecular weight is 468 g/mol. The van der Waals surface area contributed by atoms with Crippen molar-refractivity contribution in [1.29, 1.82) is 0 Å². The molecule has 33 heavy (non-hydrogen) atoms. The first-order valence-corrected chi connectivity index (χ1v) is 11.6. The standard InChI is InChI=1S/C24H25N3O5S/c1-15-12-18(27-32-15)14-33-23-20(4-3-11-25-23)24(29)31-13-21(28)26-22(16-5-6-16)17-7-9-19(30-2)10-8-17/h3-4,7-12,16,22H,5-6,13-14H2,1-2H3,(H,26,28). The van der Waals surface area contributed by atoms with Crippen molar-refractivity contribution < 1.29 is 23.6 Å². The molecule has 1 unspecified atom stereocenters. The Kier molecular flexibility index (Phi) is 7.29. The van der Waals surface area contributed by atoms with Gasteiger partial charge < -0.3 is 19.3 Å². The van der Waals surface area contributed by atoms with E-state index in [4.69, 9.17) is 14.0 Å². The van der Waals surface area contributed by atoms with E-state index in [2.05, 4.69) is 15.5 Å². The van der Waals surface area contributed by atoms with E-state index in [0.29, 0.717) is 22.3 Å². The Labute approximate surface area is 196 Å². The van der Waals surface area contributed by atoms with Crippen molar-refractivity contribution in [2.24, 2.45) is 5.92 Å². The quantitative estimate of drug-likeness (QED) is 0.351. The van der Waals surface area contributed by atoms with Gasteiger partial charge in [-0.1, -0.05) is 29.1 Å². The van der Waals surface area contributed by atoms with Gasteiger partial charge in [-0.3, -0.25) is 4.79 Å². The molecule has 0 spiro atoms. The minimum Gasteiger partial charge on any atom is -0.497 e. The van der Waals surface area contributed by atoms with E-state index in [9.17, 15) is 9.59 Å². The molecule has 1 aromatic carbocycles. The topological polar surface area (TPSA) is 104 Å². The molecule has 1 amide bonds. The summed E-state index contributed by atoms with van der Waals surface area (Å²) < 4.78 is 15.6. The van der Waals surface area contributed by atoms with Crippen LogP contribution in [-0.4, -0.2) is 35.7 Å². The van der Waals surface area contributed by atoms with Crippen LogP contribution in [0.2, 0.25) is 0 Å². The number of esters is 1. The van der Waals surface area contributed by atoms with Crippen LogP contribution >= 0.6 is 11.8 Å². The van der Waals surface area contributed by atoms with Crippen LogP contribution in [0, 0.1) is 12.8 Å². The number of amides is 1. The zero-order valence-electron chi connectivity index (χ0n) is 18.4. The Morgan fingerprint density at radius 2 is 2.03 bits per heavy atom. The average Bonchev–Trinajstić information content (AvgIpc) is 3.60. The summed E-state index contributed by atoms with van der Waals surface area (Å²) in [6, 6.07) is 12.7. The maximum Gasteiger partial charge on any atom is 0.341 e. The monoisotopic (exact) mass is 467 g/mol. The molecule has 1 saturated carbocycles. The number of thioether (sulfide) groups is 1. The van der Waals surface area contributed by atoms with Gasteiger partial charge in [-0.15, -0.1) is 0 Å². The van der Waals surface area contributed by atoms with Gasteiger partial charge in [0.1, 0.15) is 16.5 Å². The van der Waals surface area contributed by atoms with Crippen molar-refractivity contribution in [3.63, 3.8) is 0 Å². The summed E-state index contributed by atoms with van der Waals surface area (Å²) in [7, 11) is 1.62. The highest BCUT2D eigenvalue weighted by atomic mass is 32.2. The van der Waals surface area contributed by atoms with E-state index in [1.54, 1.807) is 25.4 Å². The molecule has 9 heteroatoms. The van der Waals surface area contributed by atoms with E-state index >= 15 is 0 Å². The van der Waals surface area contributed by atoms with E-state index < -0.39 is 5.97 Å². The number of aryl methyl sites for hydroxylation is 1. The third-order valence-corrected chi connectivity index (χ3v) is 6.28. The Bertz CT molecular complexity index is 1110. The first-order valence-electron chi connectivity index (χ1n) is 10.6. The summed E-state index contributed by atoms with van der Waals surface area (Å²) in [6.07, 6.45) is 3.71. The predicted octanol–water partition coefficient (Wildman–Crippen LogP) is 4.10. The smallest absolute Gasteiger partial charge is 0.341 e. The van der Waals surface area contributed by atoms with E-state index in [0.717, 1.165) is 35.6 Å². The molecule has 8 nitrogen and oxygen atoms in total. The zero-order chi connectivity index (χ0) is 23.2. The molecular weight excluding hydrogens is 442 g/mol. The summed E-state index contributed by atoms with van der Waals surface area (Å²) in [5, 5.41) is 7.46. The molecule has 1 aliphatic carbocycles. The number of benzene rings is 1. The molecule has 3 aromatic rings. The number of nitrogens with zero attached hydrogens (tertiary/aromatic N) is 2. The number of ether oxygens (including phenoxy) is 2. The largest absolute Gasteiger partial charge is 0.497 e. The molecule has 4 rings (SSSR count). The lowest BCUT2D eigenvalue weighted by atomic mass is 10.0. The lowest BCUT2D eigenvalue weighted by Crippen LogP contribution is -2.33. The van der Waals surface area contributed by atoms with Gasteiger partial charge >= 0.3 is 5.97 Å². The second kappa shape index (κ2) is 10.5. The van der Waals surface area contributed by atoms with Gasteiger partial charge in [0.25, 0.3) is 5.91 Å².